The molecule has 16 heavy (non-hydrogen) atoms. The predicted octanol–water partition coefficient (Wildman–Crippen LogP) is 2.79. The van der Waals surface area contributed by atoms with Crippen molar-refractivity contribution in [2.75, 3.05) is 7.11 Å². The van der Waals surface area contributed by atoms with Gasteiger partial charge in [-0.05, 0) is 30.3 Å². The van der Waals surface area contributed by atoms with Crippen molar-refractivity contribution in [1.29, 1.82) is 0 Å². The Kier molecular flexibility index (Phi) is 3.57. The standard InChI is InChI=1S/C13H13BrNO/c1-16-12-7-5-11(6-8-12)10-15-9-3-2-4-13(15)14/h2-9H,10H2,1H3/q+1. The Bertz CT molecular complexity index is 468. The molecule has 0 atom stereocenters. The van der Waals surface area contributed by atoms with Crippen LogP contribution < -0.4 is 9.30 Å². The average molecular weight is 279 g/mol. The number of aromatic nitrogens is 1. The number of hydrogen-bond donors (Lipinski definition) is 0. The van der Waals surface area contributed by atoms with Crippen molar-refractivity contribution in [3.05, 3.63) is 58.8 Å². The van der Waals surface area contributed by atoms with Crippen LogP contribution in [0.3, 0.4) is 0 Å². The molecule has 0 saturated heterocycles. The van der Waals surface area contributed by atoms with Gasteiger partial charge in [-0.3, -0.25) is 0 Å². The molecule has 1 heterocycles. The third-order valence-electron chi connectivity index (χ3n) is 2.40. The van der Waals surface area contributed by atoms with E-state index in [4.69, 9.17) is 4.74 Å². The molecule has 82 valence electrons. The number of hydrogen-bond acceptors (Lipinski definition) is 1. The summed E-state index contributed by atoms with van der Waals surface area (Å²) in [6.07, 6.45) is 2.05. The number of halogens is 1. The first-order valence-electron chi connectivity index (χ1n) is 5.06. The summed E-state index contributed by atoms with van der Waals surface area (Å²) in [5.41, 5.74) is 1.25. The minimum absolute atomic E-state index is 0.853. The molecule has 0 N–H and O–H groups in total. The minimum Gasteiger partial charge on any atom is -0.497 e. The summed E-state index contributed by atoms with van der Waals surface area (Å²) >= 11 is 3.52. The Hall–Kier alpha value is -1.35. The number of rotatable bonds is 3. The van der Waals surface area contributed by atoms with E-state index in [0.717, 1.165) is 16.9 Å². The lowest BCUT2D eigenvalue weighted by atomic mass is 10.2. The molecule has 3 heteroatoms. The average Bonchev–Trinajstić information content (AvgIpc) is 2.33. The van der Waals surface area contributed by atoms with Crippen LogP contribution in [0.5, 0.6) is 5.75 Å². The van der Waals surface area contributed by atoms with Gasteiger partial charge >= 0.3 is 0 Å². The van der Waals surface area contributed by atoms with E-state index in [9.17, 15) is 0 Å². The molecule has 0 spiro atoms. The summed E-state index contributed by atoms with van der Waals surface area (Å²) in [5.74, 6) is 0.890. The van der Waals surface area contributed by atoms with Crippen LogP contribution in [0.4, 0.5) is 0 Å². The van der Waals surface area contributed by atoms with Gasteiger partial charge in [0, 0.05) is 33.6 Å². The van der Waals surface area contributed by atoms with Crippen molar-refractivity contribution in [1.82, 2.24) is 0 Å². The monoisotopic (exact) mass is 278 g/mol. The van der Waals surface area contributed by atoms with Crippen molar-refractivity contribution in [3.8, 4) is 5.75 Å². The molecule has 2 rings (SSSR count). The quantitative estimate of drug-likeness (QED) is 0.622. The van der Waals surface area contributed by atoms with Gasteiger partial charge in [0.05, 0.1) is 7.11 Å². The lowest BCUT2D eigenvalue weighted by Crippen LogP contribution is -2.35. The van der Waals surface area contributed by atoms with Crippen molar-refractivity contribution >= 4 is 15.9 Å². The normalized spacial score (nSPS) is 10.1. The van der Waals surface area contributed by atoms with Crippen LogP contribution in [0, 0.1) is 0 Å². The number of ether oxygens (including phenoxy) is 1. The summed E-state index contributed by atoms with van der Waals surface area (Å²) in [6, 6.07) is 14.2. The zero-order valence-corrected chi connectivity index (χ0v) is 10.6. The maximum atomic E-state index is 5.13. The van der Waals surface area contributed by atoms with Gasteiger partial charge in [-0.15, -0.1) is 0 Å². The van der Waals surface area contributed by atoms with Crippen molar-refractivity contribution in [2.45, 2.75) is 6.54 Å². The summed E-state index contributed by atoms with van der Waals surface area (Å²) < 4.78 is 8.34. The van der Waals surface area contributed by atoms with Gasteiger partial charge in [0.15, 0.2) is 12.7 Å². The molecule has 0 radical (unpaired) electrons. The van der Waals surface area contributed by atoms with Crippen LogP contribution in [-0.4, -0.2) is 7.11 Å². The van der Waals surface area contributed by atoms with E-state index in [1.807, 2.05) is 36.5 Å². The van der Waals surface area contributed by atoms with Crippen LogP contribution in [0.15, 0.2) is 53.3 Å². The number of methoxy groups -OCH3 is 1. The Balaban J connectivity index is 2.18. The molecule has 0 unspecified atom stereocenters. The first-order valence-corrected chi connectivity index (χ1v) is 5.86. The fourth-order valence-corrected chi connectivity index (χ4v) is 1.91. The van der Waals surface area contributed by atoms with Crippen molar-refractivity contribution < 1.29 is 9.30 Å². The Morgan fingerprint density at radius 3 is 2.50 bits per heavy atom. The molecule has 0 amide bonds. The zero-order chi connectivity index (χ0) is 11.4. The van der Waals surface area contributed by atoms with Crippen LogP contribution in [-0.2, 0) is 6.54 Å². The fourth-order valence-electron chi connectivity index (χ4n) is 1.51. The maximum Gasteiger partial charge on any atom is 0.248 e. The molecule has 0 aliphatic heterocycles. The lowest BCUT2D eigenvalue weighted by molar-refractivity contribution is -0.699. The van der Waals surface area contributed by atoms with Crippen LogP contribution in [0.2, 0.25) is 0 Å². The highest BCUT2D eigenvalue weighted by molar-refractivity contribution is 9.10. The molecule has 2 nitrogen and oxygen atoms in total. The molecule has 2 aromatic rings. The molecular formula is C13H13BrNO+. The van der Waals surface area contributed by atoms with Crippen LogP contribution in [0.25, 0.3) is 0 Å². The molecule has 0 fully saturated rings. The lowest BCUT2D eigenvalue weighted by Gasteiger charge is -2.01. The second-order valence-corrected chi connectivity index (χ2v) is 4.31. The number of benzene rings is 1. The van der Waals surface area contributed by atoms with Gasteiger partial charge in [-0.2, -0.15) is 4.57 Å². The van der Waals surface area contributed by atoms with Crippen LogP contribution >= 0.6 is 15.9 Å². The van der Waals surface area contributed by atoms with Gasteiger partial charge in [-0.25, -0.2) is 0 Å². The fraction of sp³-hybridized carbons (Fsp3) is 0.154. The van der Waals surface area contributed by atoms with Crippen molar-refractivity contribution in [2.24, 2.45) is 0 Å². The van der Waals surface area contributed by atoms with Gasteiger partial charge in [0.25, 0.3) is 0 Å². The van der Waals surface area contributed by atoms with E-state index in [-0.39, 0.29) is 0 Å². The van der Waals surface area contributed by atoms with E-state index in [1.54, 1.807) is 7.11 Å². The summed E-state index contributed by atoms with van der Waals surface area (Å²) in [4.78, 5) is 0. The zero-order valence-electron chi connectivity index (χ0n) is 9.06. The molecule has 0 aliphatic carbocycles. The minimum atomic E-state index is 0.853. The largest absolute Gasteiger partial charge is 0.497 e. The highest BCUT2D eigenvalue weighted by Gasteiger charge is 2.06. The molecule has 1 aromatic heterocycles. The summed E-state index contributed by atoms with van der Waals surface area (Å²) in [6.45, 7) is 0.853. The number of nitrogens with zero attached hydrogens (tertiary/aromatic N) is 1. The first-order chi connectivity index (χ1) is 7.79. The van der Waals surface area contributed by atoms with Gasteiger partial charge in [0.2, 0.25) is 4.60 Å². The molecule has 1 aromatic carbocycles. The summed E-state index contributed by atoms with van der Waals surface area (Å²) in [7, 11) is 1.68. The van der Waals surface area contributed by atoms with E-state index in [0.29, 0.717) is 0 Å². The second-order valence-electron chi connectivity index (χ2n) is 3.50. The molecule has 0 saturated carbocycles. The third kappa shape index (κ3) is 2.61. The molecular weight excluding hydrogens is 266 g/mol. The molecule has 0 bridgehead atoms. The number of pyridine rings is 1. The Labute approximate surface area is 104 Å². The van der Waals surface area contributed by atoms with Gasteiger partial charge in [-0.1, -0.05) is 0 Å². The highest BCUT2D eigenvalue weighted by atomic mass is 79.9. The van der Waals surface area contributed by atoms with E-state index in [1.165, 1.54) is 5.56 Å². The van der Waals surface area contributed by atoms with Gasteiger partial charge in [0.1, 0.15) is 5.75 Å². The van der Waals surface area contributed by atoms with E-state index in [2.05, 4.69) is 32.6 Å². The SMILES string of the molecule is COc1ccc(C[n+]2ccccc2Br)cc1. The van der Waals surface area contributed by atoms with E-state index >= 15 is 0 Å². The van der Waals surface area contributed by atoms with E-state index < -0.39 is 0 Å². The maximum absolute atomic E-state index is 5.13. The topological polar surface area (TPSA) is 13.1 Å². The van der Waals surface area contributed by atoms with Gasteiger partial charge < -0.3 is 4.74 Å². The van der Waals surface area contributed by atoms with Crippen LogP contribution in [0.1, 0.15) is 5.56 Å². The highest BCUT2D eigenvalue weighted by Crippen LogP contribution is 2.11. The Morgan fingerprint density at radius 1 is 1.12 bits per heavy atom. The molecule has 0 aliphatic rings. The predicted molar refractivity (Wildman–Crippen MR) is 66.4 cm³/mol. The first kappa shape index (κ1) is 11.1. The third-order valence-corrected chi connectivity index (χ3v) is 3.12. The second kappa shape index (κ2) is 5.12. The summed E-state index contributed by atoms with van der Waals surface area (Å²) in [5, 5.41) is 0. The van der Waals surface area contributed by atoms with Crippen molar-refractivity contribution in [3.63, 3.8) is 0 Å². The Morgan fingerprint density at radius 2 is 1.88 bits per heavy atom. The smallest absolute Gasteiger partial charge is 0.248 e.